The van der Waals surface area contributed by atoms with Crippen molar-refractivity contribution in [3.63, 3.8) is 0 Å². The first-order chi connectivity index (χ1) is 22.2. The van der Waals surface area contributed by atoms with Gasteiger partial charge in [-0.3, -0.25) is 4.79 Å². The molecule has 0 radical (unpaired) electrons. The third-order valence-electron chi connectivity index (χ3n) is 5.01. The highest BCUT2D eigenvalue weighted by atomic mass is 16.6. The summed E-state index contributed by atoms with van der Waals surface area (Å²) in [5.41, 5.74) is 5.32. The number of carbonyl (C=O) groups excluding carboxylic acids is 1. The lowest BCUT2D eigenvalue weighted by Crippen LogP contribution is -2.31. The van der Waals surface area contributed by atoms with Crippen LogP contribution in [0.15, 0.2) is 0 Å². The van der Waals surface area contributed by atoms with Gasteiger partial charge >= 0.3 is 5.97 Å². The summed E-state index contributed by atoms with van der Waals surface area (Å²) in [4.78, 5) is 21.6. The molecule has 0 saturated carbocycles. The lowest BCUT2D eigenvalue weighted by Gasteiger charge is -2.09. The zero-order chi connectivity index (χ0) is 32.7. The average molecular weight is 661 g/mol. The summed E-state index contributed by atoms with van der Waals surface area (Å²) in [5.74, 6) is -1.52. The minimum Gasteiger partial charge on any atom is -0.480 e. The molecule has 0 aliphatic rings. The van der Waals surface area contributed by atoms with E-state index in [1.165, 1.54) is 0 Å². The molecule has 0 bridgehead atoms. The van der Waals surface area contributed by atoms with E-state index in [1.54, 1.807) is 0 Å². The summed E-state index contributed by atoms with van der Waals surface area (Å²) in [7, 11) is 0. The number of nitrogens with one attached hydrogen (secondary N) is 1. The fourth-order valence-corrected chi connectivity index (χ4v) is 2.93. The Morgan fingerprint density at radius 2 is 0.667 bits per heavy atom. The number of nitrogens with two attached hydrogens (primary N) is 1. The Bertz CT molecular complexity index is 623. The van der Waals surface area contributed by atoms with Gasteiger partial charge in [0.05, 0.1) is 145 Å². The second kappa shape index (κ2) is 38.6. The Labute approximate surface area is 266 Å². The molecule has 45 heavy (non-hydrogen) atoms. The van der Waals surface area contributed by atoms with Crippen LogP contribution in [-0.2, 0) is 66.4 Å². The summed E-state index contributed by atoms with van der Waals surface area (Å²) in [6.07, 6.45) is 0. The van der Waals surface area contributed by atoms with Crippen LogP contribution in [0, 0.1) is 0 Å². The molecule has 0 aromatic rings. The molecule has 4 N–H and O–H groups in total. The summed E-state index contributed by atoms with van der Waals surface area (Å²) < 4.78 is 64.0. The largest absolute Gasteiger partial charge is 0.480 e. The van der Waals surface area contributed by atoms with Crippen molar-refractivity contribution in [3.8, 4) is 0 Å². The van der Waals surface area contributed by atoms with Crippen molar-refractivity contribution in [2.75, 3.05) is 172 Å². The third kappa shape index (κ3) is 40.4. The quantitative estimate of drug-likeness (QED) is 0.0632. The summed E-state index contributed by atoms with van der Waals surface area (Å²) in [6.45, 7) is 10.5. The number of carbonyl (C=O) groups is 2. The lowest BCUT2D eigenvalue weighted by molar-refractivity contribution is -0.143. The first kappa shape index (κ1) is 43.4. The van der Waals surface area contributed by atoms with Crippen molar-refractivity contribution in [3.05, 3.63) is 0 Å². The second-order valence-electron chi connectivity index (χ2n) is 8.76. The van der Waals surface area contributed by atoms with Crippen LogP contribution in [0.2, 0.25) is 0 Å². The van der Waals surface area contributed by atoms with Gasteiger partial charge < -0.3 is 73.0 Å². The van der Waals surface area contributed by atoms with Gasteiger partial charge in [-0.05, 0) is 0 Å². The van der Waals surface area contributed by atoms with Crippen molar-refractivity contribution in [1.82, 2.24) is 5.32 Å². The van der Waals surface area contributed by atoms with E-state index < -0.39 is 18.5 Å². The van der Waals surface area contributed by atoms with E-state index in [4.69, 9.17) is 62.9 Å². The van der Waals surface area contributed by atoms with Crippen LogP contribution < -0.4 is 11.1 Å². The molecule has 0 aliphatic heterocycles. The Hall–Kier alpha value is -1.58. The van der Waals surface area contributed by atoms with E-state index in [-0.39, 0.29) is 6.61 Å². The van der Waals surface area contributed by atoms with Gasteiger partial charge in [-0.25, -0.2) is 4.79 Å². The molecule has 0 unspecified atom stereocenters. The van der Waals surface area contributed by atoms with Gasteiger partial charge in [-0.15, -0.1) is 0 Å². The average Bonchev–Trinajstić information content (AvgIpc) is 3.02. The van der Waals surface area contributed by atoms with Crippen molar-refractivity contribution in [2.45, 2.75) is 0 Å². The molecule has 0 atom stereocenters. The van der Waals surface area contributed by atoms with E-state index in [9.17, 15) is 9.59 Å². The molecule has 0 fully saturated rings. The maximum atomic E-state index is 11.3. The van der Waals surface area contributed by atoms with Crippen LogP contribution in [-0.4, -0.2) is 189 Å². The summed E-state index contributed by atoms with van der Waals surface area (Å²) in [6, 6.07) is 0. The molecule has 1 amide bonds. The number of carboxylic acids is 1. The standard InChI is InChI=1S/C28H56N2O15/c29-1-3-34-5-7-36-9-11-38-13-15-40-17-19-42-21-23-44-24-22-43-20-18-41-16-14-39-12-10-37-8-6-35-4-2-30-27(31)25-45-26-28(32)33/h1-26,29H2,(H,30,31)(H,32,33). The molecule has 0 heterocycles. The zero-order valence-electron chi connectivity index (χ0n) is 26.6. The van der Waals surface area contributed by atoms with E-state index >= 15 is 0 Å². The minimum absolute atomic E-state index is 0.300. The van der Waals surface area contributed by atoms with Crippen molar-refractivity contribution in [1.29, 1.82) is 0 Å². The number of rotatable bonds is 39. The number of aliphatic carboxylic acids is 1. The molecule has 268 valence electrons. The predicted octanol–water partition coefficient (Wildman–Crippen LogP) is -1.65. The molecule has 0 aromatic carbocycles. The Kier molecular flexibility index (Phi) is 37.2. The van der Waals surface area contributed by atoms with Gasteiger partial charge in [-0.1, -0.05) is 0 Å². The monoisotopic (exact) mass is 660 g/mol. The Morgan fingerprint density at radius 3 is 0.933 bits per heavy atom. The van der Waals surface area contributed by atoms with Gasteiger partial charge in [0.2, 0.25) is 5.91 Å². The first-order valence-electron chi connectivity index (χ1n) is 15.3. The van der Waals surface area contributed by atoms with Gasteiger partial charge in [0, 0.05) is 13.1 Å². The van der Waals surface area contributed by atoms with Gasteiger partial charge in [0.15, 0.2) is 0 Å². The van der Waals surface area contributed by atoms with Crippen LogP contribution in [0.1, 0.15) is 0 Å². The third-order valence-corrected chi connectivity index (χ3v) is 5.01. The number of ether oxygens (including phenoxy) is 12. The Balaban J connectivity index is 3.08. The van der Waals surface area contributed by atoms with Crippen molar-refractivity contribution >= 4 is 11.9 Å². The molecule has 0 rings (SSSR count). The highest BCUT2D eigenvalue weighted by Crippen LogP contribution is 1.87. The van der Waals surface area contributed by atoms with Crippen LogP contribution in [0.3, 0.4) is 0 Å². The second-order valence-corrected chi connectivity index (χ2v) is 8.76. The van der Waals surface area contributed by atoms with Gasteiger partial charge in [0.25, 0.3) is 0 Å². The molecule has 0 saturated heterocycles. The smallest absolute Gasteiger partial charge is 0.329 e. The first-order valence-corrected chi connectivity index (χ1v) is 15.3. The maximum absolute atomic E-state index is 11.3. The molecule has 17 nitrogen and oxygen atoms in total. The fourth-order valence-electron chi connectivity index (χ4n) is 2.93. The highest BCUT2D eigenvalue weighted by Gasteiger charge is 2.03. The molecule has 17 heteroatoms. The Morgan fingerprint density at radius 1 is 0.400 bits per heavy atom. The number of amides is 1. The van der Waals surface area contributed by atoms with Crippen LogP contribution in [0.4, 0.5) is 0 Å². The van der Waals surface area contributed by atoms with Gasteiger partial charge in [0.1, 0.15) is 13.2 Å². The van der Waals surface area contributed by atoms with E-state index in [0.29, 0.717) is 158 Å². The maximum Gasteiger partial charge on any atom is 0.329 e. The molecular weight excluding hydrogens is 604 g/mol. The normalized spacial score (nSPS) is 11.3. The molecular formula is C28H56N2O15. The number of hydrogen-bond acceptors (Lipinski definition) is 15. The van der Waals surface area contributed by atoms with Crippen LogP contribution >= 0.6 is 0 Å². The predicted molar refractivity (Wildman–Crippen MR) is 160 cm³/mol. The fraction of sp³-hybridized carbons (Fsp3) is 0.929. The van der Waals surface area contributed by atoms with Crippen molar-refractivity contribution < 1.29 is 71.5 Å². The summed E-state index contributed by atoms with van der Waals surface area (Å²) in [5, 5.41) is 11.0. The minimum atomic E-state index is -1.12. The molecule has 0 aliphatic carbocycles. The van der Waals surface area contributed by atoms with Crippen molar-refractivity contribution in [2.24, 2.45) is 5.73 Å². The van der Waals surface area contributed by atoms with E-state index in [0.717, 1.165) is 0 Å². The number of carboxylic acid groups (broad SMARTS) is 1. The van der Waals surface area contributed by atoms with E-state index in [2.05, 4.69) is 10.1 Å². The van der Waals surface area contributed by atoms with E-state index in [1.807, 2.05) is 0 Å². The highest BCUT2D eigenvalue weighted by molar-refractivity contribution is 5.77. The molecule has 0 spiro atoms. The van der Waals surface area contributed by atoms with Gasteiger partial charge in [-0.2, -0.15) is 0 Å². The zero-order valence-corrected chi connectivity index (χ0v) is 26.6. The van der Waals surface area contributed by atoms with Crippen LogP contribution in [0.25, 0.3) is 0 Å². The topological polar surface area (TPSA) is 203 Å². The summed E-state index contributed by atoms with van der Waals surface area (Å²) >= 11 is 0. The number of hydrogen-bond donors (Lipinski definition) is 3. The lowest BCUT2D eigenvalue weighted by atomic mass is 10.6. The SMILES string of the molecule is NCCOCCOCCOCCOCCOCCOCCOCCOCCOCCOCCOCCNC(=O)COCC(=O)O. The molecule has 0 aromatic heterocycles. The van der Waals surface area contributed by atoms with Crippen LogP contribution in [0.5, 0.6) is 0 Å².